The molecule has 1 fully saturated rings. The number of hydrogen-bond acceptors (Lipinski definition) is 5. The van der Waals surface area contributed by atoms with Crippen LogP contribution in [0.3, 0.4) is 0 Å². The maximum Gasteiger partial charge on any atom is 0.270 e. The fourth-order valence-electron chi connectivity index (χ4n) is 2.64. The number of nitro benzene ring substituents is 1. The number of non-ortho nitro benzene ring substituents is 1. The largest absolute Gasteiger partial charge is 0.398 e. The lowest BCUT2D eigenvalue weighted by Crippen LogP contribution is -2.45. The van der Waals surface area contributed by atoms with Gasteiger partial charge in [-0.05, 0) is 31.7 Å². The smallest absolute Gasteiger partial charge is 0.270 e. The van der Waals surface area contributed by atoms with E-state index in [0.717, 1.165) is 12.8 Å². The van der Waals surface area contributed by atoms with Crippen molar-refractivity contribution in [2.75, 3.05) is 18.8 Å². The van der Waals surface area contributed by atoms with Crippen LogP contribution in [0, 0.1) is 16.0 Å². The SMILES string of the molecule is CC(N)C1CCCN(C(=O)c2cc([N+](=O)[O-])ccc2N)C1. The second-order valence-corrected chi connectivity index (χ2v) is 5.54. The number of rotatable bonds is 3. The third kappa shape index (κ3) is 3.30. The van der Waals surface area contributed by atoms with Crippen molar-refractivity contribution in [3.8, 4) is 0 Å². The monoisotopic (exact) mass is 292 g/mol. The van der Waals surface area contributed by atoms with Gasteiger partial charge in [-0.3, -0.25) is 14.9 Å². The Labute approximate surface area is 123 Å². The number of nitrogens with two attached hydrogens (primary N) is 2. The standard InChI is InChI=1S/C14H20N4O3/c1-9(15)10-3-2-6-17(8-10)14(19)12-7-11(18(20)21)4-5-13(12)16/h4-5,7,9-10H,2-3,6,8,15-16H2,1H3. The van der Waals surface area contributed by atoms with E-state index in [1.54, 1.807) is 4.90 Å². The van der Waals surface area contributed by atoms with Gasteiger partial charge in [0.15, 0.2) is 0 Å². The van der Waals surface area contributed by atoms with Crippen LogP contribution in [-0.2, 0) is 0 Å². The van der Waals surface area contributed by atoms with Gasteiger partial charge in [0, 0.05) is 37.0 Å². The summed E-state index contributed by atoms with van der Waals surface area (Å²) in [6.07, 6.45) is 1.87. The van der Waals surface area contributed by atoms with Gasteiger partial charge in [0.25, 0.3) is 11.6 Å². The molecular formula is C14H20N4O3. The van der Waals surface area contributed by atoms with E-state index in [1.807, 2.05) is 6.92 Å². The summed E-state index contributed by atoms with van der Waals surface area (Å²) in [6, 6.07) is 3.96. The molecule has 1 aromatic rings. The molecule has 1 aromatic carbocycles. The molecule has 7 nitrogen and oxygen atoms in total. The summed E-state index contributed by atoms with van der Waals surface area (Å²) in [5, 5.41) is 10.8. The molecule has 2 rings (SSSR count). The first kappa shape index (κ1) is 15.2. The van der Waals surface area contributed by atoms with Crippen LogP contribution >= 0.6 is 0 Å². The quantitative estimate of drug-likeness (QED) is 0.496. The summed E-state index contributed by atoms with van der Waals surface area (Å²) in [7, 11) is 0. The van der Waals surface area contributed by atoms with E-state index >= 15 is 0 Å². The number of piperidine rings is 1. The molecule has 1 saturated heterocycles. The molecule has 0 aromatic heterocycles. The Hall–Kier alpha value is -2.15. The molecule has 0 spiro atoms. The highest BCUT2D eigenvalue weighted by Gasteiger charge is 2.28. The van der Waals surface area contributed by atoms with Crippen molar-refractivity contribution in [3.05, 3.63) is 33.9 Å². The number of amides is 1. The van der Waals surface area contributed by atoms with Gasteiger partial charge >= 0.3 is 0 Å². The van der Waals surface area contributed by atoms with Gasteiger partial charge in [-0.2, -0.15) is 0 Å². The van der Waals surface area contributed by atoms with E-state index < -0.39 is 4.92 Å². The molecule has 0 bridgehead atoms. The van der Waals surface area contributed by atoms with Crippen LogP contribution in [-0.4, -0.2) is 34.9 Å². The highest BCUT2D eigenvalue weighted by Crippen LogP contribution is 2.25. The number of anilines is 1. The van der Waals surface area contributed by atoms with E-state index in [-0.39, 0.29) is 34.8 Å². The third-order valence-electron chi connectivity index (χ3n) is 3.97. The van der Waals surface area contributed by atoms with Crippen LogP contribution in [0.1, 0.15) is 30.1 Å². The zero-order chi connectivity index (χ0) is 15.6. The zero-order valence-corrected chi connectivity index (χ0v) is 12.0. The highest BCUT2D eigenvalue weighted by atomic mass is 16.6. The van der Waals surface area contributed by atoms with Crippen molar-refractivity contribution in [3.63, 3.8) is 0 Å². The average Bonchev–Trinajstić information content (AvgIpc) is 2.47. The number of carbonyl (C=O) groups is 1. The van der Waals surface area contributed by atoms with Gasteiger partial charge in [0.1, 0.15) is 0 Å². The van der Waals surface area contributed by atoms with Crippen LogP contribution < -0.4 is 11.5 Å². The topological polar surface area (TPSA) is 115 Å². The minimum Gasteiger partial charge on any atom is -0.398 e. The lowest BCUT2D eigenvalue weighted by molar-refractivity contribution is -0.384. The highest BCUT2D eigenvalue weighted by molar-refractivity contribution is 5.99. The molecule has 2 atom stereocenters. The molecule has 0 aliphatic carbocycles. The molecular weight excluding hydrogens is 272 g/mol. The molecule has 0 saturated carbocycles. The first-order chi connectivity index (χ1) is 9.90. The third-order valence-corrected chi connectivity index (χ3v) is 3.97. The molecule has 1 aliphatic rings. The Morgan fingerprint density at radius 3 is 2.86 bits per heavy atom. The Kier molecular flexibility index (Phi) is 4.42. The molecule has 7 heteroatoms. The summed E-state index contributed by atoms with van der Waals surface area (Å²) >= 11 is 0. The summed E-state index contributed by atoms with van der Waals surface area (Å²) < 4.78 is 0. The minimum atomic E-state index is -0.531. The number of carbonyl (C=O) groups excluding carboxylic acids is 1. The van der Waals surface area contributed by atoms with Gasteiger partial charge in [-0.1, -0.05) is 0 Å². The van der Waals surface area contributed by atoms with Crippen LogP contribution in [0.2, 0.25) is 0 Å². The summed E-state index contributed by atoms with van der Waals surface area (Å²) in [5.74, 6) is -0.0100. The van der Waals surface area contributed by atoms with Crippen molar-refractivity contribution in [2.45, 2.75) is 25.8 Å². The van der Waals surface area contributed by atoms with Crippen LogP contribution in [0.5, 0.6) is 0 Å². The number of nitrogen functional groups attached to an aromatic ring is 1. The van der Waals surface area contributed by atoms with Crippen LogP contribution in [0.15, 0.2) is 18.2 Å². The van der Waals surface area contributed by atoms with E-state index in [4.69, 9.17) is 11.5 Å². The first-order valence-corrected chi connectivity index (χ1v) is 6.99. The van der Waals surface area contributed by atoms with Crippen molar-refractivity contribution in [1.29, 1.82) is 0 Å². The molecule has 1 heterocycles. The van der Waals surface area contributed by atoms with Gasteiger partial charge in [-0.15, -0.1) is 0 Å². The van der Waals surface area contributed by atoms with Gasteiger partial charge in [0.2, 0.25) is 0 Å². The van der Waals surface area contributed by atoms with E-state index in [9.17, 15) is 14.9 Å². The van der Waals surface area contributed by atoms with Gasteiger partial charge in [0.05, 0.1) is 10.5 Å². The number of hydrogen-bond donors (Lipinski definition) is 2. The van der Waals surface area contributed by atoms with Crippen molar-refractivity contribution >= 4 is 17.3 Å². The zero-order valence-electron chi connectivity index (χ0n) is 12.0. The Bertz CT molecular complexity index is 559. The molecule has 2 unspecified atom stereocenters. The number of benzene rings is 1. The van der Waals surface area contributed by atoms with Crippen LogP contribution in [0.25, 0.3) is 0 Å². The van der Waals surface area contributed by atoms with Gasteiger partial charge in [-0.25, -0.2) is 0 Å². The molecule has 21 heavy (non-hydrogen) atoms. The second-order valence-electron chi connectivity index (χ2n) is 5.54. The van der Waals surface area contributed by atoms with Crippen LogP contribution in [0.4, 0.5) is 11.4 Å². The summed E-state index contributed by atoms with van der Waals surface area (Å²) in [6.45, 7) is 3.13. The summed E-state index contributed by atoms with van der Waals surface area (Å²) in [4.78, 5) is 24.5. The number of nitrogens with zero attached hydrogens (tertiary/aromatic N) is 2. The lowest BCUT2D eigenvalue weighted by Gasteiger charge is -2.34. The van der Waals surface area contributed by atoms with Crippen molar-refractivity contribution in [2.24, 2.45) is 11.7 Å². The molecule has 114 valence electrons. The molecule has 0 radical (unpaired) electrons. The van der Waals surface area contributed by atoms with Gasteiger partial charge < -0.3 is 16.4 Å². The van der Waals surface area contributed by atoms with E-state index in [1.165, 1.54) is 18.2 Å². The Morgan fingerprint density at radius 1 is 1.52 bits per heavy atom. The number of likely N-dealkylation sites (tertiary alicyclic amines) is 1. The van der Waals surface area contributed by atoms with Crippen molar-refractivity contribution in [1.82, 2.24) is 4.90 Å². The van der Waals surface area contributed by atoms with E-state index in [0.29, 0.717) is 13.1 Å². The normalized spacial score (nSPS) is 20.1. The fourth-order valence-corrected chi connectivity index (χ4v) is 2.64. The predicted molar refractivity (Wildman–Crippen MR) is 79.8 cm³/mol. The second kappa shape index (κ2) is 6.09. The van der Waals surface area contributed by atoms with Crippen molar-refractivity contribution < 1.29 is 9.72 Å². The lowest BCUT2D eigenvalue weighted by atomic mass is 9.91. The summed E-state index contributed by atoms with van der Waals surface area (Å²) in [5.41, 5.74) is 12.0. The molecule has 4 N–H and O–H groups in total. The van der Waals surface area contributed by atoms with E-state index in [2.05, 4.69) is 0 Å². The molecule has 1 amide bonds. The fraction of sp³-hybridized carbons (Fsp3) is 0.500. The Balaban J connectivity index is 2.23. The minimum absolute atomic E-state index is 0.0167. The predicted octanol–water partition coefficient (Wildman–Crippen LogP) is 1.38. The number of nitro groups is 1. The average molecular weight is 292 g/mol. The maximum atomic E-state index is 12.5. The first-order valence-electron chi connectivity index (χ1n) is 6.99. The Morgan fingerprint density at radius 2 is 2.24 bits per heavy atom. The molecule has 1 aliphatic heterocycles. The maximum absolute atomic E-state index is 12.5.